The fourth-order valence-corrected chi connectivity index (χ4v) is 2.95. The Morgan fingerprint density at radius 2 is 1.92 bits per heavy atom. The van der Waals surface area contributed by atoms with Crippen LogP contribution in [0.15, 0.2) is 12.7 Å². The highest BCUT2D eigenvalue weighted by Crippen LogP contribution is 2.57. The van der Waals surface area contributed by atoms with Crippen molar-refractivity contribution in [3.05, 3.63) is 12.7 Å². The third-order valence-corrected chi connectivity index (χ3v) is 3.58. The molecular formula is C11H18O. The minimum atomic E-state index is -0.0874. The van der Waals surface area contributed by atoms with Gasteiger partial charge < -0.3 is 5.11 Å². The van der Waals surface area contributed by atoms with Gasteiger partial charge in [0.2, 0.25) is 0 Å². The van der Waals surface area contributed by atoms with Crippen LogP contribution >= 0.6 is 0 Å². The molecule has 2 fully saturated rings. The molecule has 0 radical (unpaired) electrons. The number of rotatable bonds is 3. The molecule has 2 aliphatic carbocycles. The van der Waals surface area contributed by atoms with Crippen LogP contribution in [0.5, 0.6) is 0 Å². The number of hydrogen-bond acceptors (Lipinski definition) is 1. The maximum Gasteiger partial charge on any atom is 0.0608 e. The van der Waals surface area contributed by atoms with Gasteiger partial charge in [-0.3, -0.25) is 0 Å². The van der Waals surface area contributed by atoms with Crippen LogP contribution in [0.1, 0.15) is 32.1 Å². The second kappa shape index (κ2) is 3.21. The largest absolute Gasteiger partial charge is 0.392 e. The zero-order valence-corrected chi connectivity index (χ0v) is 7.58. The standard InChI is InChI=1S/C11H18O/c1-2-5-10(12)11-8-6-3-4-7-9(8)11/h2,8-12H,1,3-7H2. The van der Waals surface area contributed by atoms with Crippen molar-refractivity contribution in [3.63, 3.8) is 0 Å². The molecule has 2 saturated carbocycles. The van der Waals surface area contributed by atoms with E-state index in [1.54, 1.807) is 0 Å². The van der Waals surface area contributed by atoms with E-state index in [9.17, 15) is 5.11 Å². The fourth-order valence-electron chi connectivity index (χ4n) is 2.95. The normalized spacial score (nSPS) is 41.6. The second-order valence-electron chi connectivity index (χ2n) is 4.28. The van der Waals surface area contributed by atoms with Gasteiger partial charge in [-0.1, -0.05) is 18.9 Å². The van der Waals surface area contributed by atoms with E-state index in [1.165, 1.54) is 25.7 Å². The first-order valence-corrected chi connectivity index (χ1v) is 5.13. The van der Waals surface area contributed by atoms with Gasteiger partial charge in [-0.2, -0.15) is 0 Å². The van der Waals surface area contributed by atoms with E-state index in [1.807, 2.05) is 6.08 Å². The number of aliphatic hydroxyl groups excluding tert-OH is 1. The van der Waals surface area contributed by atoms with Crippen molar-refractivity contribution in [2.75, 3.05) is 0 Å². The van der Waals surface area contributed by atoms with E-state index in [2.05, 4.69) is 6.58 Å². The summed E-state index contributed by atoms with van der Waals surface area (Å²) in [5, 5.41) is 9.75. The van der Waals surface area contributed by atoms with Gasteiger partial charge in [0.1, 0.15) is 0 Å². The Morgan fingerprint density at radius 1 is 1.33 bits per heavy atom. The van der Waals surface area contributed by atoms with E-state index in [0.717, 1.165) is 18.3 Å². The summed E-state index contributed by atoms with van der Waals surface area (Å²) in [5.41, 5.74) is 0. The van der Waals surface area contributed by atoms with E-state index < -0.39 is 0 Å². The van der Waals surface area contributed by atoms with Crippen molar-refractivity contribution < 1.29 is 5.11 Å². The molecule has 0 spiro atoms. The third-order valence-electron chi connectivity index (χ3n) is 3.58. The molecule has 0 saturated heterocycles. The van der Waals surface area contributed by atoms with Crippen LogP contribution in [0.3, 0.4) is 0 Å². The summed E-state index contributed by atoms with van der Waals surface area (Å²) in [5.74, 6) is 2.37. The van der Waals surface area contributed by atoms with Crippen molar-refractivity contribution in [1.29, 1.82) is 0 Å². The van der Waals surface area contributed by atoms with Gasteiger partial charge in [0.05, 0.1) is 6.10 Å². The summed E-state index contributed by atoms with van der Waals surface area (Å²) in [6.45, 7) is 3.67. The lowest BCUT2D eigenvalue weighted by Crippen LogP contribution is -2.09. The molecule has 0 aromatic carbocycles. The Morgan fingerprint density at radius 3 is 2.42 bits per heavy atom. The first kappa shape index (κ1) is 8.31. The molecule has 0 aromatic rings. The van der Waals surface area contributed by atoms with E-state index in [4.69, 9.17) is 0 Å². The fraction of sp³-hybridized carbons (Fsp3) is 0.818. The summed E-state index contributed by atoms with van der Waals surface area (Å²) in [4.78, 5) is 0. The van der Waals surface area contributed by atoms with Crippen molar-refractivity contribution in [1.82, 2.24) is 0 Å². The van der Waals surface area contributed by atoms with Crippen LogP contribution in [0, 0.1) is 17.8 Å². The lowest BCUT2D eigenvalue weighted by Gasteiger charge is -2.05. The van der Waals surface area contributed by atoms with Gasteiger partial charge in [0.25, 0.3) is 0 Å². The molecule has 1 N–H and O–H groups in total. The Kier molecular flexibility index (Phi) is 2.22. The number of fused-ring (bicyclic) bond motifs is 1. The molecule has 1 nitrogen and oxygen atoms in total. The molecule has 12 heavy (non-hydrogen) atoms. The Balaban J connectivity index is 1.86. The smallest absolute Gasteiger partial charge is 0.0608 e. The molecule has 0 aliphatic heterocycles. The molecule has 0 amide bonds. The predicted octanol–water partition coefficient (Wildman–Crippen LogP) is 2.36. The average molecular weight is 166 g/mol. The Labute approximate surface area is 74.5 Å². The molecule has 3 atom stereocenters. The second-order valence-corrected chi connectivity index (χ2v) is 4.28. The van der Waals surface area contributed by atoms with Crippen LogP contribution in [-0.4, -0.2) is 11.2 Å². The van der Waals surface area contributed by atoms with E-state index in [-0.39, 0.29) is 6.10 Å². The molecule has 0 bridgehead atoms. The molecule has 2 aliphatic rings. The van der Waals surface area contributed by atoms with Crippen molar-refractivity contribution in [2.45, 2.75) is 38.2 Å². The van der Waals surface area contributed by atoms with Crippen LogP contribution < -0.4 is 0 Å². The molecule has 3 unspecified atom stereocenters. The summed E-state index contributed by atoms with van der Waals surface area (Å²) in [6, 6.07) is 0. The van der Waals surface area contributed by atoms with Gasteiger partial charge in [0.15, 0.2) is 0 Å². The quantitative estimate of drug-likeness (QED) is 0.638. The van der Waals surface area contributed by atoms with Crippen LogP contribution in [-0.2, 0) is 0 Å². The van der Waals surface area contributed by atoms with Crippen LogP contribution in [0.25, 0.3) is 0 Å². The lowest BCUT2D eigenvalue weighted by atomic mass is 10.0. The lowest BCUT2D eigenvalue weighted by molar-refractivity contribution is 0.143. The van der Waals surface area contributed by atoms with Crippen molar-refractivity contribution >= 4 is 0 Å². The summed E-state index contributed by atoms with van der Waals surface area (Å²) >= 11 is 0. The SMILES string of the molecule is C=CCC(O)C1C2CCCCC21. The third kappa shape index (κ3) is 1.31. The van der Waals surface area contributed by atoms with Crippen molar-refractivity contribution in [3.8, 4) is 0 Å². The highest BCUT2D eigenvalue weighted by Gasteiger charge is 2.53. The first-order valence-electron chi connectivity index (χ1n) is 5.13. The molecular weight excluding hydrogens is 148 g/mol. The van der Waals surface area contributed by atoms with Crippen molar-refractivity contribution in [2.24, 2.45) is 17.8 Å². The van der Waals surface area contributed by atoms with Gasteiger partial charge in [-0.15, -0.1) is 6.58 Å². The Bertz CT molecular complexity index is 164. The van der Waals surface area contributed by atoms with Gasteiger partial charge in [0, 0.05) is 0 Å². The van der Waals surface area contributed by atoms with E-state index in [0.29, 0.717) is 5.92 Å². The topological polar surface area (TPSA) is 20.2 Å². The molecule has 68 valence electrons. The molecule has 0 aromatic heterocycles. The Hall–Kier alpha value is -0.300. The summed E-state index contributed by atoms with van der Waals surface area (Å²) < 4.78 is 0. The van der Waals surface area contributed by atoms with E-state index >= 15 is 0 Å². The number of hydrogen-bond donors (Lipinski definition) is 1. The maximum atomic E-state index is 9.75. The highest BCUT2D eigenvalue weighted by molar-refractivity contribution is 5.03. The number of aliphatic hydroxyl groups is 1. The molecule has 0 heterocycles. The predicted molar refractivity (Wildman–Crippen MR) is 49.8 cm³/mol. The minimum Gasteiger partial charge on any atom is -0.392 e. The van der Waals surface area contributed by atoms with Crippen LogP contribution in [0.2, 0.25) is 0 Å². The van der Waals surface area contributed by atoms with Gasteiger partial charge in [-0.25, -0.2) is 0 Å². The maximum absolute atomic E-state index is 9.75. The van der Waals surface area contributed by atoms with Gasteiger partial charge >= 0.3 is 0 Å². The minimum absolute atomic E-state index is 0.0874. The summed E-state index contributed by atoms with van der Waals surface area (Å²) in [7, 11) is 0. The molecule has 2 rings (SSSR count). The van der Waals surface area contributed by atoms with Gasteiger partial charge in [-0.05, 0) is 37.0 Å². The zero-order chi connectivity index (χ0) is 8.55. The molecule has 1 heteroatoms. The van der Waals surface area contributed by atoms with Crippen LogP contribution in [0.4, 0.5) is 0 Å². The first-order chi connectivity index (χ1) is 5.84. The zero-order valence-electron chi connectivity index (χ0n) is 7.58. The highest BCUT2D eigenvalue weighted by atomic mass is 16.3. The average Bonchev–Trinajstić information content (AvgIpc) is 2.78. The monoisotopic (exact) mass is 166 g/mol. The summed E-state index contributed by atoms with van der Waals surface area (Å²) in [6.07, 6.45) is 8.05.